The summed E-state index contributed by atoms with van der Waals surface area (Å²) < 4.78 is 0.662. The lowest BCUT2D eigenvalue weighted by Crippen LogP contribution is -2.13. The zero-order chi connectivity index (χ0) is 14.0. The molecule has 0 aliphatic heterocycles. The Hall–Kier alpha value is -1.37. The first-order valence-electron chi connectivity index (χ1n) is 4.95. The van der Waals surface area contributed by atoms with E-state index in [0.717, 1.165) is 0 Å². The number of carbonyl (C=O) groups is 1. The average molecular weight is 363 g/mol. The highest BCUT2D eigenvalue weighted by molar-refractivity contribution is 9.10. The maximum atomic E-state index is 11.9. The quantitative estimate of drug-likeness (QED) is 0.633. The van der Waals surface area contributed by atoms with Crippen molar-refractivity contribution in [2.45, 2.75) is 0 Å². The van der Waals surface area contributed by atoms with Gasteiger partial charge in [-0.1, -0.05) is 27.5 Å². The molecule has 2 aromatic rings. The Morgan fingerprint density at radius 1 is 1.26 bits per heavy atom. The molecule has 5 nitrogen and oxygen atoms in total. The second kappa shape index (κ2) is 5.73. The molecule has 0 aliphatic carbocycles. The van der Waals surface area contributed by atoms with E-state index >= 15 is 0 Å². The minimum absolute atomic E-state index is 0.0807. The van der Waals surface area contributed by atoms with E-state index in [-0.39, 0.29) is 27.6 Å². The topological polar surface area (TPSA) is 75.1 Å². The third-order valence-corrected chi connectivity index (χ3v) is 2.97. The van der Waals surface area contributed by atoms with Crippen LogP contribution in [0, 0.1) is 0 Å². The highest BCUT2D eigenvalue weighted by atomic mass is 79.9. The van der Waals surface area contributed by atoms with Gasteiger partial charge in [0.15, 0.2) is 0 Å². The number of rotatable bonds is 2. The van der Waals surface area contributed by atoms with E-state index in [2.05, 4.69) is 31.2 Å². The minimum Gasteiger partial charge on any atom is -0.507 e. The SMILES string of the molecule is O=C(Nc1cc(Cl)nc(Cl)n1)c1ccc(Br)cc1O. The number of hydrogen-bond donors (Lipinski definition) is 2. The van der Waals surface area contributed by atoms with E-state index in [4.69, 9.17) is 23.2 Å². The summed E-state index contributed by atoms with van der Waals surface area (Å²) in [6, 6.07) is 5.86. The third kappa shape index (κ3) is 3.56. The molecule has 0 atom stereocenters. The number of phenolic OH excluding ortho intramolecular Hbond substituents is 1. The zero-order valence-electron chi connectivity index (χ0n) is 9.19. The lowest BCUT2D eigenvalue weighted by Gasteiger charge is -2.06. The minimum atomic E-state index is -0.532. The third-order valence-electron chi connectivity index (χ3n) is 2.11. The second-order valence-electron chi connectivity index (χ2n) is 3.46. The molecule has 0 unspecified atom stereocenters. The fourth-order valence-corrected chi connectivity index (χ4v) is 2.09. The average Bonchev–Trinajstić information content (AvgIpc) is 2.26. The van der Waals surface area contributed by atoms with Crippen LogP contribution in [0.15, 0.2) is 28.7 Å². The maximum absolute atomic E-state index is 11.9. The molecule has 0 spiro atoms. The molecule has 0 bridgehead atoms. The van der Waals surface area contributed by atoms with Crippen molar-refractivity contribution in [1.29, 1.82) is 0 Å². The van der Waals surface area contributed by atoms with Gasteiger partial charge < -0.3 is 10.4 Å². The smallest absolute Gasteiger partial charge is 0.260 e. The lowest BCUT2D eigenvalue weighted by molar-refractivity contribution is 0.102. The summed E-state index contributed by atoms with van der Waals surface area (Å²) in [5, 5.41) is 12.2. The van der Waals surface area contributed by atoms with Gasteiger partial charge in [-0.3, -0.25) is 4.79 Å². The molecule has 1 aromatic carbocycles. The molecule has 98 valence electrons. The molecule has 2 rings (SSSR count). The normalized spacial score (nSPS) is 10.3. The van der Waals surface area contributed by atoms with E-state index in [0.29, 0.717) is 4.47 Å². The number of halogens is 3. The molecule has 2 N–H and O–H groups in total. The van der Waals surface area contributed by atoms with Crippen molar-refractivity contribution < 1.29 is 9.90 Å². The molecule has 1 heterocycles. The number of phenols is 1. The van der Waals surface area contributed by atoms with Crippen molar-refractivity contribution >= 4 is 50.9 Å². The van der Waals surface area contributed by atoms with Crippen LogP contribution in [0.3, 0.4) is 0 Å². The molecule has 1 aromatic heterocycles. The van der Waals surface area contributed by atoms with Gasteiger partial charge in [-0.05, 0) is 29.8 Å². The first-order valence-corrected chi connectivity index (χ1v) is 6.50. The monoisotopic (exact) mass is 361 g/mol. The van der Waals surface area contributed by atoms with Gasteiger partial charge in [0.2, 0.25) is 5.28 Å². The van der Waals surface area contributed by atoms with Crippen LogP contribution < -0.4 is 5.32 Å². The van der Waals surface area contributed by atoms with Gasteiger partial charge >= 0.3 is 0 Å². The number of anilines is 1. The summed E-state index contributed by atoms with van der Waals surface area (Å²) in [7, 11) is 0. The van der Waals surface area contributed by atoms with Gasteiger partial charge in [0.1, 0.15) is 16.7 Å². The fraction of sp³-hybridized carbons (Fsp3) is 0. The van der Waals surface area contributed by atoms with Gasteiger partial charge in [0, 0.05) is 10.5 Å². The molecule has 8 heteroatoms. The van der Waals surface area contributed by atoms with E-state index in [9.17, 15) is 9.90 Å². The Bertz CT molecular complexity index is 632. The van der Waals surface area contributed by atoms with Crippen molar-refractivity contribution in [2.75, 3.05) is 5.32 Å². The molecule has 0 radical (unpaired) electrons. The number of benzene rings is 1. The molecule has 1 amide bonds. The van der Waals surface area contributed by atoms with Crippen LogP contribution in [-0.4, -0.2) is 21.0 Å². The number of hydrogen-bond acceptors (Lipinski definition) is 4. The summed E-state index contributed by atoms with van der Waals surface area (Å²) in [5.74, 6) is -0.536. The Labute approximate surface area is 126 Å². The van der Waals surface area contributed by atoms with Crippen molar-refractivity contribution in [3.8, 4) is 5.75 Å². The van der Waals surface area contributed by atoms with Crippen molar-refractivity contribution in [3.63, 3.8) is 0 Å². The van der Waals surface area contributed by atoms with Crippen LogP contribution in [0.1, 0.15) is 10.4 Å². The van der Waals surface area contributed by atoms with Crippen LogP contribution in [0.5, 0.6) is 5.75 Å². The number of amides is 1. The van der Waals surface area contributed by atoms with E-state index < -0.39 is 5.91 Å². The Morgan fingerprint density at radius 3 is 2.63 bits per heavy atom. The summed E-state index contributed by atoms with van der Waals surface area (Å²) >= 11 is 14.5. The molecular weight excluding hydrogens is 357 g/mol. The molecule has 0 saturated carbocycles. The van der Waals surface area contributed by atoms with E-state index in [1.165, 1.54) is 18.2 Å². The van der Waals surface area contributed by atoms with Gasteiger partial charge in [-0.2, -0.15) is 0 Å². The Kier molecular flexibility index (Phi) is 4.24. The number of carbonyl (C=O) groups excluding carboxylic acids is 1. The summed E-state index contributed by atoms with van der Waals surface area (Å²) in [6.45, 7) is 0. The lowest BCUT2D eigenvalue weighted by atomic mass is 10.2. The van der Waals surface area contributed by atoms with Crippen LogP contribution >= 0.6 is 39.1 Å². The second-order valence-corrected chi connectivity index (χ2v) is 5.10. The highest BCUT2D eigenvalue weighted by Crippen LogP contribution is 2.23. The maximum Gasteiger partial charge on any atom is 0.260 e. The molecule has 0 aliphatic rings. The van der Waals surface area contributed by atoms with Gasteiger partial charge in [-0.25, -0.2) is 9.97 Å². The van der Waals surface area contributed by atoms with Crippen LogP contribution in [-0.2, 0) is 0 Å². The number of aromatic hydroxyl groups is 1. The largest absolute Gasteiger partial charge is 0.507 e. The van der Waals surface area contributed by atoms with Crippen LogP contribution in [0.2, 0.25) is 10.4 Å². The number of aromatic nitrogens is 2. The standard InChI is InChI=1S/C11H6BrCl2N3O2/c12-5-1-2-6(7(18)3-5)10(19)16-9-4-8(13)15-11(14)17-9/h1-4,18H,(H,15,16,17,19). The van der Waals surface area contributed by atoms with Crippen LogP contribution in [0.25, 0.3) is 0 Å². The van der Waals surface area contributed by atoms with Gasteiger partial charge in [0.05, 0.1) is 5.56 Å². The van der Waals surface area contributed by atoms with Crippen molar-refractivity contribution in [3.05, 3.63) is 44.7 Å². The van der Waals surface area contributed by atoms with Crippen molar-refractivity contribution in [2.24, 2.45) is 0 Å². The molecule has 19 heavy (non-hydrogen) atoms. The predicted octanol–water partition coefficient (Wildman–Crippen LogP) is 3.50. The van der Waals surface area contributed by atoms with E-state index in [1.54, 1.807) is 6.07 Å². The summed E-state index contributed by atoms with van der Waals surface area (Å²) in [6.07, 6.45) is 0. The molecular formula is C11H6BrCl2N3O2. The highest BCUT2D eigenvalue weighted by Gasteiger charge is 2.13. The molecule has 0 fully saturated rings. The predicted molar refractivity (Wildman–Crippen MR) is 75.8 cm³/mol. The van der Waals surface area contributed by atoms with Gasteiger partial charge in [0.25, 0.3) is 5.91 Å². The number of nitrogens with zero attached hydrogens (tertiary/aromatic N) is 2. The zero-order valence-corrected chi connectivity index (χ0v) is 12.3. The summed E-state index contributed by atoms with van der Waals surface area (Å²) in [5.41, 5.74) is 0.106. The van der Waals surface area contributed by atoms with Crippen LogP contribution in [0.4, 0.5) is 5.82 Å². The first kappa shape index (κ1) is 14.0. The Morgan fingerprint density at radius 2 is 2.00 bits per heavy atom. The van der Waals surface area contributed by atoms with E-state index in [1.807, 2.05) is 0 Å². The number of nitrogens with one attached hydrogen (secondary N) is 1. The summed E-state index contributed by atoms with van der Waals surface area (Å²) in [4.78, 5) is 19.4. The first-order chi connectivity index (χ1) is 8.95. The fourth-order valence-electron chi connectivity index (χ4n) is 1.33. The Balaban J connectivity index is 2.25. The molecule has 0 saturated heterocycles. The van der Waals surface area contributed by atoms with Gasteiger partial charge in [-0.15, -0.1) is 0 Å². The van der Waals surface area contributed by atoms with Crippen molar-refractivity contribution in [1.82, 2.24) is 9.97 Å².